The molecular formula is C10H4Br2N2O2S. The molecule has 0 atom stereocenters. The Bertz CT molecular complexity index is 659. The van der Waals surface area contributed by atoms with Crippen LogP contribution in [-0.4, -0.2) is 16.7 Å². The molecule has 2 N–H and O–H groups in total. The van der Waals surface area contributed by atoms with E-state index in [-0.39, 0.29) is 0 Å². The van der Waals surface area contributed by atoms with Crippen LogP contribution in [0.3, 0.4) is 0 Å². The summed E-state index contributed by atoms with van der Waals surface area (Å²) in [5.41, 5.74) is 1.69. The lowest BCUT2D eigenvalue weighted by molar-refractivity contribution is -0.112. The number of carbonyl (C=O) groups excluding carboxylic acids is 2. The third-order valence-electron chi connectivity index (χ3n) is 2.43. The molecule has 17 heavy (non-hydrogen) atoms. The molecule has 0 saturated carbocycles. The fourth-order valence-corrected chi connectivity index (χ4v) is 3.81. The van der Waals surface area contributed by atoms with E-state index in [4.69, 9.17) is 0 Å². The second kappa shape index (κ2) is 3.79. The van der Waals surface area contributed by atoms with E-state index >= 15 is 0 Å². The summed E-state index contributed by atoms with van der Waals surface area (Å²) in [7, 11) is 0. The number of H-pyrrole nitrogens is 1. The highest BCUT2D eigenvalue weighted by molar-refractivity contribution is 9.13. The van der Waals surface area contributed by atoms with Crippen molar-refractivity contribution in [1.29, 1.82) is 0 Å². The molecule has 7 heteroatoms. The topological polar surface area (TPSA) is 62.0 Å². The highest BCUT2D eigenvalue weighted by atomic mass is 79.9. The van der Waals surface area contributed by atoms with Crippen LogP contribution in [0.2, 0.25) is 0 Å². The number of anilines is 1. The molecule has 0 radical (unpaired) electrons. The van der Waals surface area contributed by atoms with E-state index in [9.17, 15) is 9.59 Å². The number of amides is 1. The van der Waals surface area contributed by atoms with Gasteiger partial charge in [-0.25, -0.2) is 0 Å². The highest BCUT2D eigenvalue weighted by Crippen LogP contribution is 2.41. The first-order valence-corrected chi connectivity index (χ1v) is 7.06. The number of aromatic nitrogens is 1. The lowest BCUT2D eigenvalue weighted by atomic mass is 10.3. The molecule has 1 aliphatic rings. The Labute approximate surface area is 117 Å². The third kappa shape index (κ3) is 1.61. The summed E-state index contributed by atoms with van der Waals surface area (Å²) in [6, 6.07) is 1.77. The number of Topliss-reactive ketones (excluding diaryl/α,β-unsaturated/α-hetero) is 1. The van der Waals surface area contributed by atoms with Gasteiger partial charge in [0.1, 0.15) is 5.69 Å². The van der Waals surface area contributed by atoms with Gasteiger partial charge in [-0.3, -0.25) is 9.59 Å². The van der Waals surface area contributed by atoms with Crippen molar-refractivity contribution in [2.45, 2.75) is 0 Å². The van der Waals surface area contributed by atoms with Gasteiger partial charge in [-0.15, -0.1) is 11.3 Å². The summed E-state index contributed by atoms with van der Waals surface area (Å²) in [4.78, 5) is 26.5. The summed E-state index contributed by atoms with van der Waals surface area (Å²) < 4.78 is 1.89. The molecule has 1 aliphatic heterocycles. The van der Waals surface area contributed by atoms with Gasteiger partial charge in [0.15, 0.2) is 0 Å². The molecule has 3 rings (SSSR count). The lowest BCUT2D eigenvalue weighted by Crippen LogP contribution is -2.13. The van der Waals surface area contributed by atoms with Crippen molar-refractivity contribution in [2.75, 3.05) is 5.32 Å². The van der Waals surface area contributed by atoms with Crippen molar-refractivity contribution in [3.63, 3.8) is 0 Å². The molecule has 0 aliphatic carbocycles. The fourth-order valence-electron chi connectivity index (χ4n) is 1.65. The molecule has 2 aromatic rings. The van der Waals surface area contributed by atoms with Crippen molar-refractivity contribution < 1.29 is 9.59 Å². The van der Waals surface area contributed by atoms with Crippen LogP contribution in [0, 0.1) is 0 Å². The number of thiophene rings is 1. The first-order chi connectivity index (χ1) is 8.08. The number of rotatable bonds is 1. The van der Waals surface area contributed by atoms with E-state index < -0.39 is 11.7 Å². The normalized spacial score (nSPS) is 14.0. The quantitative estimate of drug-likeness (QED) is 0.750. The van der Waals surface area contributed by atoms with Crippen LogP contribution in [0.25, 0.3) is 10.6 Å². The van der Waals surface area contributed by atoms with Gasteiger partial charge in [0.05, 0.1) is 20.7 Å². The second-order valence-electron chi connectivity index (χ2n) is 3.48. The second-order valence-corrected chi connectivity index (χ2v) is 6.01. The Morgan fingerprint density at radius 3 is 2.59 bits per heavy atom. The van der Waals surface area contributed by atoms with Gasteiger partial charge < -0.3 is 10.3 Å². The minimum Gasteiger partial charge on any atom is -0.349 e. The minimum absolute atomic E-state index is 0.335. The molecule has 0 unspecified atom stereocenters. The summed E-state index contributed by atoms with van der Waals surface area (Å²) in [5, 5.41) is 4.47. The Kier molecular flexibility index (Phi) is 2.49. The molecule has 3 heterocycles. The summed E-state index contributed by atoms with van der Waals surface area (Å²) >= 11 is 8.40. The van der Waals surface area contributed by atoms with E-state index in [1.165, 1.54) is 11.3 Å². The summed E-state index contributed by atoms with van der Waals surface area (Å²) in [5.74, 6) is -1.10. The van der Waals surface area contributed by atoms with E-state index in [1.807, 2.05) is 5.38 Å². The van der Waals surface area contributed by atoms with Crippen LogP contribution >= 0.6 is 43.2 Å². The van der Waals surface area contributed by atoms with E-state index in [0.717, 1.165) is 19.5 Å². The van der Waals surface area contributed by atoms with Crippen molar-refractivity contribution >= 4 is 60.6 Å². The Morgan fingerprint density at radius 1 is 1.24 bits per heavy atom. The average molecular weight is 376 g/mol. The zero-order chi connectivity index (χ0) is 12.2. The van der Waals surface area contributed by atoms with Crippen LogP contribution in [0.4, 0.5) is 5.69 Å². The van der Waals surface area contributed by atoms with Crippen molar-refractivity contribution in [2.24, 2.45) is 0 Å². The maximum atomic E-state index is 11.5. The van der Waals surface area contributed by atoms with Crippen LogP contribution in [0.15, 0.2) is 20.4 Å². The molecule has 0 fully saturated rings. The number of ketones is 1. The van der Waals surface area contributed by atoms with Gasteiger partial charge in [-0.2, -0.15) is 0 Å². The molecule has 0 aromatic carbocycles. The number of hydrogen-bond acceptors (Lipinski definition) is 3. The molecule has 86 valence electrons. The van der Waals surface area contributed by atoms with Crippen molar-refractivity contribution in [1.82, 2.24) is 4.98 Å². The van der Waals surface area contributed by atoms with Gasteiger partial charge in [-0.05, 0) is 37.9 Å². The SMILES string of the molecule is O=C1Nc2cc(-c3scc(Br)c3Br)[nH]c2C1=O. The number of carbonyl (C=O) groups is 2. The van der Waals surface area contributed by atoms with Crippen LogP contribution in [0.5, 0.6) is 0 Å². The molecule has 0 saturated heterocycles. The maximum absolute atomic E-state index is 11.5. The summed E-state index contributed by atoms with van der Waals surface area (Å²) in [6.07, 6.45) is 0. The van der Waals surface area contributed by atoms with Gasteiger partial charge in [0.2, 0.25) is 0 Å². The van der Waals surface area contributed by atoms with Gasteiger partial charge in [-0.1, -0.05) is 0 Å². The Hall–Kier alpha value is -0.920. The minimum atomic E-state index is -0.579. The van der Waals surface area contributed by atoms with Crippen LogP contribution in [0.1, 0.15) is 10.5 Å². The van der Waals surface area contributed by atoms with Gasteiger partial charge in [0, 0.05) is 9.85 Å². The first-order valence-electron chi connectivity index (χ1n) is 4.59. The molecule has 0 spiro atoms. The maximum Gasteiger partial charge on any atom is 0.298 e. The predicted molar refractivity (Wildman–Crippen MR) is 72.5 cm³/mol. The number of hydrogen-bond donors (Lipinski definition) is 2. The van der Waals surface area contributed by atoms with Gasteiger partial charge >= 0.3 is 0 Å². The zero-order valence-electron chi connectivity index (χ0n) is 8.14. The lowest BCUT2D eigenvalue weighted by Gasteiger charge is -1.95. The Balaban J connectivity index is 2.11. The largest absolute Gasteiger partial charge is 0.349 e. The molecule has 1 amide bonds. The summed E-state index contributed by atoms with van der Waals surface area (Å²) in [6.45, 7) is 0. The number of fused-ring (bicyclic) bond motifs is 1. The third-order valence-corrected chi connectivity index (χ3v) is 5.99. The van der Waals surface area contributed by atoms with Crippen molar-refractivity contribution in [3.8, 4) is 10.6 Å². The monoisotopic (exact) mass is 374 g/mol. The fraction of sp³-hybridized carbons (Fsp3) is 0. The van der Waals surface area contributed by atoms with Crippen LogP contribution in [-0.2, 0) is 4.79 Å². The molecule has 0 bridgehead atoms. The molecule has 4 nitrogen and oxygen atoms in total. The molecular weight excluding hydrogens is 372 g/mol. The average Bonchev–Trinajstić information content (AvgIpc) is 2.90. The van der Waals surface area contributed by atoms with Crippen LogP contribution < -0.4 is 5.32 Å². The number of aromatic amines is 1. The standard InChI is InChI=1S/C10H4Br2N2O2S/c11-3-2-17-9(6(3)12)5-1-4-7(13-5)8(15)10(16)14-4/h1-2,13H,(H,14,15,16). The highest BCUT2D eigenvalue weighted by Gasteiger charge is 2.31. The zero-order valence-corrected chi connectivity index (χ0v) is 12.1. The van der Waals surface area contributed by atoms with Gasteiger partial charge in [0.25, 0.3) is 11.7 Å². The first kappa shape index (κ1) is 11.2. The molecule has 2 aromatic heterocycles. The van der Waals surface area contributed by atoms with E-state index in [1.54, 1.807) is 6.07 Å². The van der Waals surface area contributed by atoms with Crippen molar-refractivity contribution in [3.05, 3.63) is 26.1 Å². The predicted octanol–water partition coefficient (Wildman–Crippen LogP) is 3.40. The van der Waals surface area contributed by atoms with E-state index in [0.29, 0.717) is 11.4 Å². The smallest absolute Gasteiger partial charge is 0.298 e. The number of halogens is 2. The number of nitrogens with one attached hydrogen (secondary N) is 2. The van der Waals surface area contributed by atoms with E-state index in [2.05, 4.69) is 42.2 Å². The Morgan fingerprint density at radius 2 is 2.00 bits per heavy atom.